The Balaban J connectivity index is 0.00000370. The summed E-state index contributed by atoms with van der Waals surface area (Å²) in [5.74, 6) is -6.27. The van der Waals surface area contributed by atoms with Crippen LogP contribution in [0.15, 0.2) is 60.9 Å². The molecule has 2 aromatic carbocycles. The van der Waals surface area contributed by atoms with Gasteiger partial charge in [-0.25, -0.2) is 4.98 Å². The highest BCUT2D eigenvalue weighted by Crippen LogP contribution is 2.47. The highest BCUT2D eigenvalue weighted by Gasteiger charge is 2.60. The fourth-order valence-corrected chi connectivity index (χ4v) is 4.26. The number of aromatic nitrogens is 3. The van der Waals surface area contributed by atoms with Crippen LogP contribution in [0, 0.1) is 0 Å². The maximum Gasteiger partial charge on any atom is 0.458 e. The number of carbonyl (C=O) groups is 1. The highest BCUT2D eigenvalue weighted by molar-refractivity contribution is 6.08. The molecule has 206 valence electrons. The number of benzene rings is 2. The van der Waals surface area contributed by atoms with E-state index in [2.05, 4.69) is 31.1 Å². The number of aromatic amines is 1. The van der Waals surface area contributed by atoms with Crippen molar-refractivity contribution in [2.24, 2.45) is 0 Å². The minimum atomic E-state index is -5.82. The molecule has 0 unspecified atom stereocenters. The molecular weight excluding hydrogens is 523 g/mol. The molecule has 0 saturated carbocycles. The van der Waals surface area contributed by atoms with Gasteiger partial charge < -0.3 is 20.7 Å². The van der Waals surface area contributed by atoms with E-state index in [1.54, 1.807) is 18.3 Å². The molecule has 0 spiro atoms. The zero-order valence-corrected chi connectivity index (χ0v) is 20.3. The Morgan fingerprint density at radius 1 is 1.10 bits per heavy atom. The van der Waals surface area contributed by atoms with Crippen LogP contribution in [0.3, 0.4) is 0 Å². The molecular formula is C26H25F5N6O2. The van der Waals surface area contributed by atoms with Crippen LogP contribution in [0.4, 0.5) is 39.1 Å². The predicted molar refractivity (Wildman–Crippen MR) is 137 cm³/mol. The van der Waals surface area contributed by atoms with Crippen molar-refractivity contribution >= 4 is 34.0 Å². The Kier molecular flexibility index (Phi) is 7.08. The number of rotatable bonds is 8. The van der Waals surface area contributed by atoms with Crippen LogP contribution in [0.5, 0.6) is 5.75 Å². The maximum atomic E-state index is 14.3. The number of nitrogens with zero attached hydrogens (tertiary/aromatic N) is 2. The maximum absolute atomic E-state index is 14.3. The van der Waals surface area contributed by atoms with Crippen LogP contribution in [-0.4, -0.2) is 46.5 Å². The normalized spacial score (nSPS) is 15.9. The van der Waals surface area contributed by atoms with Crippen LogP contribution >= 0.6 is 0 Å². The van der Waals surface area contributed by atoms with Gasteiger partial charge in [-0.1, -0.05) is 0 Å². The number of halogens is 5. The molecule has 2 aromatic heterocycles. The van der Waals surface area contributed by atoms with Gasteiger partial charge in [0.05, 0.1) is 22.8 Å². The quantitative estimate of drug-likeness (QED) is 0.202. The van der Waals surface area contributed by atoms with Gasteiger partial charge in [-0.2, -0.15) is 27.1 Å². The standard InChI is InChI=1S/C26H23F5N6O2.H2/c27-25(28,26(29,30)31)20-8-7-17(12-22(20)39-14-18-3-1-9-32-18)36-24(38)19-4-2-10-33-23(19)35-16-6-5-15-13-34-37-21(15)11-16;/h2,4-8,10-13,18,32H,1,3,9,14H2,(H,33,35)(H,34,37)(H,36,38);1H/t18-;/m0./s1. The van der Waals surface area contributed by atoms with E-state index in [1.165, 1.54) is 18.3 Å². The largest absolute Gasteiger partial charge is 0.491 e. The molecule has 1 fully saturated rings. The zero-order valence-electron chi connectivity index (χ0n) is 20.3. The summed E-state index contributed by atoms with van der Waals surface area (Å²) >= 11 is 0. The van der Waals surface area contributed by atoms with E-state index in [9.17, 15) is 26.7 Å². The van der Waals surface area contributed by atoms with Crippen molar-refractivity contribution in [3.63, 3.8) is 0 Å². The number of ether oxygens (including phenoxy) is 1. The van der Waals surface area contributed by atoms with Gasteiger partial charge in [0, 0.05) is 36.5 Å². The van der Waals surface area contributed by atoms with Gasteiger partial charge in [-0.3, -0.25) is 9.89 Å². The van der Waals surface area contributed by atoms with Gasteiger partial charge in [0.1, 0.15) is 18.2 Å². The van der Waals surface area contributed by atoms with E-state index in [0.29, 0.717) is 24.7 Å². The summed E-state index contributed by atoms with van der Waals surface area (Å²) in [5, 5.41) is 16.4. The summed E-state index contributed by atoms with van der Waals surface area (Å²) in [5.41, 5.74) is 0.144. The van der Waals surface area contributed by atoms with Crippen LogP contribution < -0.4 is 20.7 Å². The van der Waals surface area contributed by atoms with Gasteiger partial charge in [0.2, 0.25) is 0 Å². The number of pyridine rings is 1. The Bertz CT molecular complexity index is 1490. The van der Waals surface area contributed by atoms with Gasteiger partial charge in [-0.05, 0) is 61.9 Å². The second-order valence-corrected chi connectivity index (χ2v) is 9.04. The number of hydrogen-bond acceptors (Lipinski definition) is 6. The van der Waals surface area contributed by atoms with Crippen LogP contribution in [0.1, 0.15) is 30.2 Å². The number of alkyl halides is 5. The number of amides is 1. The Morgan fingerprint density at radius 2 is 1.92 bits per heavy atom. The predicted octanol–water partition coefficient (Wildman–Crippen LogP) is 5.98. The molecule has 39 heavy (non-hydrogen) atoms. The van der Waals surface area contributed by atoms with Crippen LogP contribution in [0.2, 0.25) is 0 Å². The third-order valence-electron chi connectivity index (χ3n) is 6.29. The van der Waals surface area contributed by atoms with Crippen molar-refractivity contribution in [3.8, 4) is 5.75 Å². The van der Waals surface area contributed by atoms with Crippen LogP contribution in [-0.2, 0) is 5.92 Å². The summed E-state index contributed by atoms with van der Waals surface area (Å²) in [6, 6.07) is 10.8. The fraction of sp³-hybridized carbons (Fsp3) is 0.269. The Morgan fingerprint density at radius 3 is 2.69 bits per heavy atom. The Hall–Kier alpha value is -4.26. The van der Waals surface area contributed by atoms with Gasteiger partial charge >= 0.3 is 12.1 Å². The second-order valence-electron chi connectivity index (χ2n) is 9.04. The monoisotopic (exact) mass is 548 g/mol. The molecule has 0 bridgehead atoms. The minimum Gasteiger partial charge on any atom is -0.491 e. The topological polar surface area (TPSA) is 104 Å². The first kappa shape index (κ1) is 26.4. The molecule has 13 heteroatoms. The highest BCUT2D eigenvalue weighted by atomic mass is 19.4. The van der Waals surface area contributed by atoms with E-state index in [1.807, 2.05) is 6.07 Å². The lowest BCUT2D eigenvalue weighted by Gasteiger charge is -2.24. The second kappa shape index (κ2) is 10.5. The summed E-state index contributed by atoms with van der Waals surface area (Å²) in [6.45, 7) is 0.600. The molecule has 1 atom stereocenters. The molecule has 0 aliphatic carbocycles. The van der Waals surface area contributed by atoms with Crippen molar-refractivity contribution in [3.05, 3.63) is 72.1 Å². The van der Waals surface area contributed by atoms with Crippen molar-refractivity contribution in [1.82, 2.24) is 20.5 Å². The average molecular weight is 549 g/mol. The minimum absolute atomic E-state index is 0. The SMILES string of the molecule is O=C(Nc1ccc(C(F)(F)C(F)(F)F)c(OC[C@@H]2CCCN2)c1)c1cccnc1Nc1ccc2cn[nH]c2c1.[HH]. The third kappa shape index (κ3) is 5.62. The molecule has 0 radical (unpaired) electrons. The van der Waals surface area contributed by atoms with Crippen molar-refractivity contribution in [2.45, 2.75) is 31.0 Å². The molecule has 1 aliphatic rings. The number of fused-ring (bicyclic) bond motifs is 1. The zero-order chi connectivity index (χ0) is 27.6. The number of H-pyrrole nitrogens is 1. The summed E-state index contributed by atoms with van der Waals surface area (Å²) in [7, 11) is 0. The molecule has 3 heterocycles. The van der Waals surface area contributed by atoms with E-state index >= 15 is 0 Å². The average Bonchev–Trinajstić information content (AvgIpc) is 3.59. The summed E-state index contributed by atoms with van der Waals surface area (Å²) in [4.78, 5) is 17.3. The third-order valence-corrected chi connectivity index (χ3v) is 6.29. The first-order valence-corrected chi connectivity index (χ1v) is 12.0. The lowest BCUT2D eigenvalue weighted by Crippen LogP contribution is -2.35. The number of anilines is 3. The van der Waals surface area contributed by atoms with E-state index < -0.39 is 29.3 Å². The molecule has 4 aromatic rings. The lowest BCUT2D eigenvalue weighted by atomic mass is 10.1. The molecule has 1 aliphatic heterocycles. The summed E-state index contributed by atoms with van der Waals surface area (Å²) in [6.07, 6.45) is -1.14. The first-order valence-electron chi connectivity index (χ1n) is 12.0. The van der Waals surface area contributed by atoms with Crippen LogP contribution in [0.25, 0.3) is 10.9 Å². The summed E-state index contributed by atoms with van der Waals surface area (Å²) < 4.78 is 73.5. The first-order chi connectivity index (χ1) is 18.6. The molecule has 1 amide bonds. The molecule has 4 N–H and O–H groups in total. The molecule has 1 saturated heterocycles. The van der Waals surface area contributed by atoms with Crippen molar-refractivity contribution < 1.29 is 32.9 Å². The smallest absolute Gasteiger partial charge is 0.458 e. The van der Waals surface area contributed by atoms with Gasteiger partial charge in [0.15, 0.2) is 0 Å². The molecule has 8 nitrogen and oxygen atoms in total. The van der Waals surface area contributed by atoms with Crippen molar-refractivity contribution in [2.75, 3.05) is 23.8 Å². The van der Waals surface area contributed by atoms with Gasteiger partial charge in [-0.15, -0.1) is 0 Å². The number of carbonyl (C=O) groups excluding carboxylic acids is 1. The molecule has 5 rings (SSSR count). The van der Waals surface area contributed by atoms with Gasteiger partial charge in [0.25, 0.3) is 5.91 Å². The lowest BCUT2D eigenvalue weighted by molar-refractivity contribution is -0.289. The fourth-order valence-electron chi connectivity index (χ4n) is 4.26. The van der Waals surface area contributed by atoms with E-state index in [4.69, 9.17) is 4.74 Å². The number of nitrogens with one attached hydrogen (secondary N) is 4. The number of hydrogen-bond donors (Lipinski definition) is 4. The van der Waals surface area contributed by atoms with E-state index in [0.717, 1.165) is 29.5 Å². The van der Waals surface area contributed by atoms with E-state index in [-0.39, 0.29) is 31.1 Å². The Labute approximate surface area is 220 Å². The van der Waals surface area contributed by atoms with Crippen molar-refractivity contribution in [1.29, 1.82) is 0 Å².